The number of alkyl halides is 3. The average Bonchev–Trinajstić information content (AvgIpc) is 3.27. The van der Waals surface area contributed by atoms with Crippen LogP contribution in [0.15, 0.2) is 54.7 Å². The molecule has 0 saturated heterocycles. The van der Waals surface area contributed by atoms with Crippen LogP contribution in [0, 0.1) is 0 Å². The lowest BCUT2D eigenvalue weighted by molar-refractivity contribution is -0.274. The Kier molecular flexibility index (Phi) is 9.66. The maximum Gasteiger partial charge on any atom is 0.573 e. The van der Waals surface area contributed by atoms with Gasteiger partial charge < -0.3 is 20.4 Å². The number of fused-ring (bicyclic) bond motifs is 1. The number of aromatic nitrogens is 1. The van der Waals surface area contributed by atoms with Crippen LogP contribution in [0.25, 0.3) is 10.9 Å². The van der Waals surface area contributed by atoms with Crippen LogP contribution in [-0.4, -0.2) is 29.6 Å². The lowest BCUT2D eigenvalue weighted by Crippen LogP contribution is -2.38. The SMILES string of the molecule is Cl.NC1CCC(NCCC(c2cccc(OC(F)(F)F)c2)c2cn(C3CCCCC3)c3ccccc23)CC1. The number of nitrogens with one attached hydrogen (secondary N) is 1. The lowest BCUT2D eigenvalue weighted by Gasteiger charge is -2.28. The van der Waals surface area contributed by atoms with Gasteiger partial charge in [0.05, 0.1) is 0 Å². The Hall–Kier alpha value is -2.22. The van der Waals surface area contributed by atoms with Crippen LogP contribution >= 0.6 is 12.4 Å². The van der Waals surface area contributed by atoms with Crippen molar-refractivity contribution in [3.8, 4) is 5.75 Å². The van der Waals surface area contributed by atoms with Gasteiger partial charge in [-0.3, -0.25) is 0 Å². The second kappa shape index (κ2) is 12.8. The van der Waals surface area contributed by atoms with Gasteiger partial charge in [0.25, 0.3) is 0 Å². The monoisotopic (exact) mass is 549 g/mol. The number of rotatable bonds is 8. The molecular weight excluding hydrogens is 511 g/mol. The number of para-hydroxylation sites is 1. The molecule has 208 valence electrons. The van der Waals surface area contributed by atoms with Crippen LogP contribution in [0.3, 0.4) is 0 Å². The normalized spacial score (nSPS) is 21.7. The molecule has 2 saturated carbocycles. The number of ether oxygens (including phenoxy) is 1. The van der Waals surface area contributed by atoms with E-state index in [0.29, 0.717) is 18.1 Å². The van der Waals surface area contributed by atoms with Crippen LogP contribution in [-0.2, 0) is 0 Å². The van der Waals surface area contributed by atoms with Gasteiger partial charge in [-0.1, -0.05) is 49.6 Å². The molecular formula is C30H39ClF3N3O. The number of hydrogen-bond acceptors (Lipinski definition) is 3. The van der Waals surface area contributed by atoms with E-state index in [1.165, 1.54) is 54.6 Å². The molecule has 2 fully saturated rings. The average molecular weight is 550 g/mol. The van der Waals surface area contributed by atoms with Crippen LogP contribution in [0.4, 0.5) is 13.2 Å². The lowest BCUT2D eigenvalue weighted by atomic mass is 9.87. The topological polar surface area (TPSA) is 52.2 Å². The Morgan fingerprint density at radius 3 is 2.42 bits per heavy atom. The molecule has 0 amide bonds. The minimum Gasteiger partial charge on any atom is -0.406 e. The molecule has 2 aliphatic carbocycles. The molecule has 2 aliphatic rings. The molecule has 3 aromatic rings. The number of nitrogens with two attached hydrogens (primary N) is 1. The van der Waals surface area contributed by atoms with Gasteiger partial charge in [-0.25, -0.2) is 0 Å². The predicted molar refractivity (Wildman–Crippen MR) is 149 cm³/mol. The van der Waals surface area contributed by atoms with Gasteiger partial charge in [-0.15, -0.1) is 25.6 Å². The highest BCUT2D eigenvalue weighted by Gasteiger charge is 2.32. The summed E-state index contributed by atoms with van der Waals surface area (Å²) >= 11 is 0. The third-order valence-electron chi connectivity index (χ3n) is 8.25. The first-order valence-corrected chi connectivity index (χ1v) is 13.8. The fourth-order valence-corrected chi connectivity index (χ4v) is 6.36. The summed E-state index contributed by atoms with van der Waals surface area (Å²) in [6, 6.07) is 16.2. The summed E-state index contributed by atoms with van der Waals surface area (Å²) in [5.41, 5.74) is 9.32. The standard InChI is InChI=1S/C30H38F3N3O.ClH/c31-30(32,33)37-25-10-6-7-21(19-25)26(17-18-35-23-15-13-22(34)14-16-23)28-20-36(24-8-2-1-3-9-24)29-12-5-4-11-27(28)29;/h4-7,10-12,19-20,22-24,26,35H,1-3,8-9,13-18,34H2;1H. The van der Waals surface area contributed by atoms with Crippen molar-refractivity contribution in [3.63, 3.8) is 0 Å². The summed E-state index contributed by atoms with van der Waals surface area (Å²) in [6.07, 6.45) is 8.67. The van der Waals surface area contributed by atoms with E-state index in [2.05, 4.69) is 45.1 Å². The van der Waals surface area contributed by atoms with Crippen molar-refractivity contribution in [3.05, 3.63) is 65.9 Å². The fourth-order valence-electron chi connectivity index (χ4n) is 6.36. The quantitative estimate of drug-likeness (QED) is 0.301. The van der Waals surface area contributed by atoms with Crippen LogP contribution in [0.2, 0.25) is 0 Å². The molecule has 1 heterocycles. The first-order valence-electron chi connectivity index (χ1n) is 13.8. The molecule has 0 bridgehead atoms. The third kappa shape index (κ3) is 7.04. The van der Waals surface area contributed by atoms with Crippen molar-refractivity contribution in [2.45, 2.75) is 94.6 Å². The maximum absolute atomic E-state index is 13.0. The van der Waals surface area contributed by atoms with Crippen LogP contribution < -0.4 is 15.8 Å². The number of halogens is 4. The number of benzene rings is 2. The number of hydrogen-bond donors (Lipinski definition) is 2. The van der Waals surface area contributed by atoms with E-state index in [9.17, 15) is 13.2 Å². The van der Waals surface area contributed by atoms with Crippen molar-refractivity contribution in [1.82, 2.24) is 9.88 Å². The molecule has 1 aromatic heterocycles. The highest BCUT2D eigenvalue weighted by molar-refractivity contribution is 5.85. The minimum atomic E-state index is -4.71. The van der Waals surface area contributed by atoms with Gasteiger partial charge in [0.15, 0.2) is 0 Å². The van der Waals surface area contributed by atoms with Gasteiger partial charge in [0.1, 0.15) is 5.75 Å². The molecule has 3 N–H and O–H groups in total. The summed E-state index contributed by atoms with van der Waals surface area (Å²) < 4.78 is 45.7. The smallest absolute Gasteiger partial charge is 0.406 e. The fraction of sp³-hybridized carbons (Fsp3) is 0.533. The molecule has 0 aliphatic heterocycles. The minimum absolute atomic E-state index is 0. The van der Waals surface area contributed by atoms with Crippen molar-refractivity contribution >= 4 is 23.3 Å². The zero-order chi connectivity index (χ0) is 25.8. The van der Waals surface area contributed by atoms with Gasteiger partial charge in [-0.2, -0.15) is 0 Å². The molecule has 1 atom stereocenters. The van der Waals surface area contributed by atoms with Crippen LogP contribution in [0.1, 0.15) is 87.3 Å². The Morgan fingerprint density at radius 2 is 1.68 bits per heavy atom. The van der Waals surface area contributed by atoms with Crippen LogP contribution in [0.5, 0.6) is 5.75 Å². The zero-order valence-corrected chi connectivity index (χ0v) is 22.6. The van der Waals surface area contributed by atoms with Gasteiger partial charge in [-0.05, 0) is 80.8 Å². The predicted octanol–water partition coefficient (Wildman–Crippen LogP) is 7.85. The van der Waals surface area contributed by atoms with E-state index in [0.717, 1.165) is 44.2 Å². The van der Waals surface area contributed by atoms with Gasteiger partial charge >= 0.3 is 6.36 Å². The molecule has 0 spiro atoms. The van der Waals surface area contributed by atoms with Crippen molar-refractivity contribution < 1.29 is 17.9 Å². The van der Waals surface area contributed by atoms with E-state index in [4.69, 9.17) is 5.73 Å². The van der Waals surface area contributed by atoms with Gasteiger partial charge in [0.2, 0.25) is 0 Å². The molecule has 4 nitrogen and oxygen atoms in total. The van der Waals surface area contributed by atoms with E-state index < -0.39 is 6.36 Å². The largest absolute Gasteiger partial charge is 0.573 e. The summed E-state index contributed by atoms with van der Waals surface area (Å²) in [4.78, 5) is 0. The Labute approximate surface area is 229 Å². The number of nitrogens with zero attached hydrogens (tertiary/aromatic N) is 1. The summed E-state index contributed by atoms with van der Waals surface area (Å²) in [5, 5.41) is 4.89. The Morgan fingerprint density at radius 1 is 0.947 bits per heavy atom. The molecule has 8 heteroatoms. The molecule has 0 radical (unpaired) electrons. The maximum atomic E-state index is 13.0. The van der Waals surface area contributed by atoms with Crippen molar-refractivity contribution in [1.29, 1.82) is 0 Å². The molecule has 5 rings (SSSR count). The summed E-state index contributed by atoms with van der Waals surface area (Å²) in [5.74, 6) is -0.217. The van der Waals surface area contributed by atoms with E-state index in [1.54, 1.807) is 12.1 Å². The first-order chi connectivity index (χ1) is 17.9. The van der Waals surface area contributed by atoms with Crippen molar-refractivity contribution in [2.24, 2.45) is 5.73 Å². The molecule has 38 heavy (non-hydrogen) atoms. The second-order valence-corrected chi connectivity index (χ2v) is 10.8. The van der Waals surface area contributed by atoms with Crippen molar-refractivity contribution in [2.75, 3.05) is 6.54 Å². The molecule has 1 unspecified atom stereocenters. The second-order valence-electron chi connectivity index (χ2n) is 10.8. The Bertz CT molecular complexity index is 1170. The van der Waals surface area contributed by atoms with Gasteiger partial charge in [0, 0.05) is 41.1 Å². The Balaban J connectivity index is 0.00000336. The third-order valence-corrected chi connectivity index (χ3v) is 8.25. The summed E-state index contributed by atoms with van der Waals surface area (Å²) in [7, 11) is 0. The highest BCUT2D eigenvalue weighted by atomic mass is 35.5. The summed E-state index contributed by atoms with van der Waals surface area (Å²) in [6.45, 7) is 0.790. The first kappa shape index (κ1) is 28.8. The zero-order valence-electron chi connectivity index (χ0n) is 21.8. The van der Waals surface area contributed by atoms with E-state index in [1.807, 2.05) is 6.07 Å². The van der Waals surface area contributed by atoms with E-state index in [-0.39, 0.29) is 24.1 Å². The highest BCUT2D eigenvalue weighted by Crippen LogP contribution is 2.40. The van der Waals surface area contributed by atoms with E-state index >= 15 is 0 Å². The molecule has 2 aromatic carbocycles.